The second kappa shape index (κ2) is 7.42. The molecule has 0 radical (unpaired) electrons. The number of nitrogens with zero attached hydrogens (tertiary/aromatic N) is 1. The van der Waals surface area contributed by atoms with Crippen molar-refractivity contribution in [3.63, 3.8) is 0 Å². The molecule has 28 heavy (non-hydrogen) atoms. The number of benzene rings is 1. The van der Waals surface area contributed by atoms with Gasteiger partial charge in [0.15, 0.2) is 0 Å². The smallest absolute Gasteiger partial charge is 0.399 e. The van der Waals surface area contributed by atoms with Crippen LogP contribution in [0.1, 0.15) is 54.2 Å². The summed E-state index contributed by atoms with van der Waals surface area (Å²) in [4.78, 5) is 5.00. The molecule has 0 spiro atoms. The number of rotatable bonds is 5. The van der Waals surface area contributed by atoms with Gasteiger partial charge in [0.25, 0.3) is 0 Å². The van der Waals surface area contributed by atoms with Gasteiger partial charge in [-0.05, 0) is 63.5 Å². The van der Waals surface area contributed by atoms with E-state index in [9.17, 15) is 0 Å². The maximum Gasteiger partial charge on any atom is 0.495 e. The first-order chi connectivity index (χ1) is 13.0. The van der Waals surface area contributed by atoms with Gasteiger partial charge in [0.1, 0.15) is 0 Å². The summed E-state index contributed by atoms with van der Waals surface area (Å²) < 4.78 is 12.8. The molecule has 3 nitrogen and oxygen atoms in total. The van der Waals surface area contributed by atoms with Gasteiger partial charge in [0, 0.05) is 16.1 Å². The lowest BCUT2D eigenvalue weighted by Crippen LogP contribution is -2.47. The van der Waals surface area contributed by atoms with E-state index in [2.05, 4.69) is 67.5 Å². The van der Waals surface area contributed by atoms with Crippen molar-refractivity contribution in [3.8, 4) is 0 Å². The van der Waals surface area contributed by atoms with Crippen LogP contribution in [0.3, 0.4) is 0 Å². The highest BCUT2D eigenvalue weighted by molar-refractivity contribution is 6.93. The van der Waals surface area contributed by atoms with E-state index in [1.54, 1.807) is 0 Å². The van der Waals surface area contributed by atoms with Gasteiger partial charge in [0.05, 0.1) is 24.8 Å². The quantitative estimate of drug-likeness (QED) is 0.626. The standard InChI is InChI=1S/C22H33BClNO2Si/c1-9-28(10-2,11-3)19-14-16(24)13-17-18(12-15(4)25-20(17)19)23-26-21(5,6)22(7,8)27-23/h12-14H,9-11H2,1-8H3. The Bertz CT molecular complexity index is 871. The lowest BCUT2D eigenvalue weighted by atomic mass is 9.76. The molecule has 6 heteroatoms. The predicted molar refractivity (Wildman–Crippen MR) is 124 cm³/mol. The van der Waals surface area contributed by atoms with Gasteiger partial charge < -0.3 is 9.31 Å². The minimum absolute atomic E-state index is 0.378. The van der Waals surface area contributed by atoms with Gasteiger partial charge in [-0.3, -0.25) is 4.98 Å². The molecule has 1 saturated heterocycles. The van der Waals surface area contributed by atoms with Gasteiger partial charge in [-0.1, -0.05) is 50.5 Å². The van der Waals surface area contributed by atoms with Crippen LogP contribution >= 0.6 is 11.6 Å². The van der Waals surface area contributed by atoms with E-state index in [1.807, 2.05) is 6.07 Å². The summed E-state index contributed by atoms with van der Waals surface area (Å²) in [6, 6.07) is 9.88. The molecule has 0 N–H and O–H groups in total. The predicted octanol–water partition coefficient (Wildman–Crippen LogP) is 5.21. The molecule has 0 amide bonds. The Kier molecular flexibility index (Phi) is 5.79. The number of aryl methyl sites for hydroxylation is 1. The number of pyridine rings is 1. The van der Waals surface area contributed by atoms with Crippen molar-refractivity contribution < 1.29 is 9.31 Å². The molecule has 2 heterocycles. The van der Waals surface area contributed by atoms with Crippen molar-refractivity contribution in [2.75, 3.05) is 0 Å². The largest absolute Gasteiger partial charge is 0.495 e. The van der Waals surface area contributed by atoms with Gasteiger partial charge in [-0.2, -0.15) is 0 Å². The summed E-state index contributed by atoms with van der Waals surface area (Å²) >= 11 is 6.64. The molecule has 0 aliphatic carbocycles. The molecule has 1 aliphatic rings. The Labute approximate surface area is 176 Å². The summed E-state index contributed by atoms with van der Waals surface area (Å²) in [6.45, 7) is 17.4. The first-order valence-corrected chi connectivity index (χ1v) is 13.5. The van der Waals surface area contributed by atoms with E-state index in [0.29, 0.717) is 0 Å². The third-order valence-corrected chi connectivity index (χ3v) is 12.9. The van der Waals surface area contributed by atoms with Crippen LogP contribution in [-0.4, -0.2) is 31.4 Å². The first kappa shape index (κ1) is 21.8. The Hall–Kier alpha value is -0.878. The molecule has 3 rings (SSSR count). The van der Waals surface area contributed by atoms with Crippen LogP contribution in [-0.2, 0) is 9.31 Å². The molecule has 0 saturated carbocycles. The maximum atomic E-state index is 6.64. The van der Waals surface area contributed by atoms with Crippen molar-refractivity contribution in [2.24, 2.45) is 0 Å². The fourth-order valence-electron chi connectivity index (χ4n) is 4.34. The molecule has 1 aromatic heterocycles. The summed E-state index contributed by atoms with van der Waals surface area (Å²) in [5, 5.41) is 3.22. The highest BCUT2D eigenvalue weighted by Crippen LogP contribution is 2.37. The normalized spacial score (nSPS) is 18.8. The van der Waals surface area contributed by atoms with E-state index in [-0.39, 0.29) is 11.2 Å². The van der Waals surface area contributed by atoms with Crippen molar-refractivity contribution >= 4 is 48.3 Å². The molecule has 1 aliphatic heterocycles. The Morgan fingerprint density at radius 3 is 2.00 bits per heavy atom. The Balaban J connectivity index is 2.28. The lowest BCUT2D eigenvalue weighted by Gasteiger charge is -2.32. The van der Waals surface area contributed by atoms with E-state index in [4.69, 9.17) is 25.9 Å². The third kappa shape index (κ3) is 3.45. The van der Waals surface area contributed by atoms with Crippen LogP contribution < -0.4 is 10.6 Å². The number of halogens is 1. The van der Waals surface area contributed by atoms with Crippen molar-refractivity contribution in [2.45, 2.75) is 84.7 Å². The molecular weight excluding hydrogens is 385 g/mol. The molecule has 0 bridgehead atoms. The summed E-state index contributed by atoms with van der Waals surface area (Å²) in [5.74, 6) is 0. The van der Waals surface area contributed by atoms with Crippen LogP contribution in [0.25, 0.3) is 10.9 Å². The highest BCUT2D eigenvalue weighted by Gasteiger charge is 2.52. The summed E-state index contributed by atoms with van der Waals surface area (Å²) in [6.07, 6.45) is 0. The van der Waals surface area contributed by atoms with E-state index < -0.39 is 15.2 Å². The zero-order valence-corrected chi connectivity index (χ0v) is 20.3. The van der Waals surface area contributed by atoms with Crippen LogP contribution in [0.2, 0.25) is 23.2 Å². The fraction of sp³-hybridized carbons (Fsp3) is 0.591. The zero-order valence-electron chi connectivity index (χ0n) is 18.6. The molecule has 1 fully saturated rings. The number of aromatic nitrogens is 1. The number of hydrogen-bond donors (Lipinski definition) is 0. The van der Waals surface area contributed by atoms with Gasteiger partial charge >= 0.3 is 7.12 Å². The second-order valence-corrected chi connectivity index (χ2v) is 14.8. The van der Waals surface area contributed by atoms with Crippen LogP contribution in [0.4, 0.5) is 0 Å². The SMILES string of the molecule is CC[Si](CC)(CC)c1cc(Cl)cc2c(B3OC(C)(C)C(C)(C)O3)cc(C)nc12. The fourth-order valence-corrected chi connectivity index (χ4v) is 8.45. The van der Waals surface area contributed by atoms with E-state index in [0.717, 1.165) is 27.1 Å². The summed E-state index contributed by atoms with van der Waals surface area (Å²) in [5.41, 5.74) is 2.36. The molecule has 152 valence electrons. The molecule has 2 aromatic rings. The average molecular weight is 418 g/mol. The second-order valence-electron chi connectivity index (χ2n) is 9.13. The topological polar surface area (TPSA) is 31.4 Å². The molecule has 1 aromatic carbocycles. The van der Waals surface area contributed by atoms with E-state index >= 15 is 0 Å². The average Bonchev–Trinajstić information content (AvgIpc) is 2.84. The van der Waals surface area contributed by atoms with Crippen LogP contribution in [0.15, 0.2) is 18.2 Å². The number of fused-ring (bicyclic) bond motifs is 1. The highest BCUT2D eigenvalue weighted by atomic mass is 35.5. The Morgan fingerprint density at radius 1 is 0.964 bits per heavy atom. The van der Waals surface area contributed by atoms with Gasteiger partial charge in [-0.15, -0.1) is 0 Å². The minimum Gasteiger partial charge on any atom is -0.399 e. The van der Waals surface area contributed by atoms with Crippen LogP contribution in [0, 0.1) is 6.92 Å². The van der Waals surface area contributed by atoms with Crippen molar-refractivity contribution in [1.82, 2.24) is 4.98 Å². The monoisotopic (exact) mass is 417 g/mol. The van der Waals surface area contributed by atoms with Crippen LogP contribution in [0.5, 0.6) is 0 Å². The summed E-state index contributed by atoms with van der Waals surface area (Å²) in [7, 11) is -2.08. The van der Waals surface area contributed by atoms with Crippen molar-refractivity contribution in [3.05, 3.63) is 28.9 Å². The van der Waals surface area contributed by atoms with E-state index in [1.165, 1.54) is 23.3 Å². The van der Waals surface area contributed by atoms with Crippen molar-refractivity contribution in [1.29, 1.82) is 0 Å². The maximum absolute atomic E-state index is 6.64. The Morgan fingerprint density at radius 2 is 1.50 bits per heavy atom. The third-order valence-electron chi connectivity index (χ3n) is 7.15. The van der Waals surface area contributed by atoms with Gasteiger partial charge in [-0.25, -0.2) is 0 Å². The molecule has 0 atom stereocenters. The zero-order chi connectivity index (χ0) is 20.9. The number of hydrogen-bond acceptors (Lipinski definition) is 3. The lowest BCUT2D eigenvalue weighted by molar-refractivity contribution is 0.00578. The minimum atomic E-state index is -1.66. The van der Waals surface area contributed by atoms with Gasteiger partial charge in [0.2, 0.25) is 0 Å². The first-order valence-electron chi connectivity index (χ1n) is 10.5. The molecule has 0 unspecified atom stereocenters. The molecular formula is C22H33BClNO2Si.